The van der Waals surface area contributed by atoms with Crippen LogP contribution in [0.15, 0.2) is 23.4 Å². The predicted octanol–water partition coefficient (Wildman–Crippen LogP) is 2.56. The lowest BCUT2D eigenvalue weighted by Crippen LogP contribution is -2.24. The molecule has 0 aliphatic carbocycles. The first-order valence-corrected chi connectivity index (χ1v) is 4.92. The first-order valence-electron chi connectivity index (χ1n) is 4.92. The van der Waals surface area contributed by atoms with Crippen LogP contribution < -0.4 is 0 Å². The van der Waals surface area contributed by atoms with E-state index in [0.717, 1.165) is 0 Å². The van der Waals surface area contributed by atoms with E-state index < -0.39 is 0 Å². The van der Waals surface area contributed by atoms with E-state index >= 15 is 0 Å². The van der Waals surface area contributed by atoms with Gasteiger partial charge >= 0.3 is 0 Å². The minimum Gasteiger partial charge on any atom is -0.371 e. The average Bonchev–Trinajstić information content (AvgIpc) is 2.49. The average molecular weight is 163 g/mol. The van der Waals surface area contributed by atoms with Gasteiger partial charge in [-0.15, -0.1) is 0 Å². The normalized spacial score (nSPS) is 22.4. The number of fused-ring (bicyclic) bond motifs is 1. The molecule has 12 heavy (non-hydrogen) atoms. The quantitative estimate of drug-likeness (QED) is 0.574. The largest absolute Gasteiger partial charge is 0.371 e. The maximum atomic E-state index is 2.52. The molecule has 66 valence electrons. The van der Waals surface area contributed by atoms with Gasteiger partial charge in [0, 0.05) is 18.8 Å². The van der Waals surface area contributed by atoms with Gasteiger partial charge in [-0.2, -0.15) is 0 Å². The molecule has 2 aliphatic heterocycles. The highest BCUT2D eigenvalue weighted by molar-refractivity contribution is 5.27. The van der Waals surface area contributed by atoms with Crippen LogP contribution in [0, 0.1) is 5.92 Å². The molecule has 0 aromatic heterocycles. The molecule has 1 fully saturated rings. The molecule has 0 saturated carbocycles. The second kappa shape index (κ2) is 2.96. The van der Waals surface area contributed by atoms with Crippen LogP contribution in [0.3, 0.4) is 0 Å². The third-order valence-electron chi connectivity index (χ3n) is 2.87. The van der Waals surface area contributed by atoms with E-state index in [9.17, 15) is 0 Å². The molecule has 1 heteroatoms. The number of hydrogen-bond donors (Lipinski definition) is 0. The van der Waals surface area contributed by atoms with Gasteiger partial charge < -0.3 is 4.90 Å². The molecule has 0 amide bonds. The molecule has 0 spiro atoms. The van der Waals surface area contributed by atoms with Crippen molar-refractivity contribution in [2.45, 2.75) is 26.7 Å². The Balaban J connectivity index is 2.15. The zero-order valence-corrected chi connectivity index (χ0v) is 8.01. The molecule has 2 rings (SSSR count). The summed E-state index contributed by atoms with van der Waals surface area (Å²) in [5.41, 5.74) is 3.14. The van der Waals surface area contributed by atoms with Gasteiger partial charge in [-0.05, 0) is 30.4 Å². The molecule has 0 bridgehead atoms. The van der Waals surface area contributed by atoms with Crippen LogP contribution in [-0.2, 0) is 0 Å². The molecule has 1 saturated heterocycles. The van der Waals surface area contributed by atoms with Gasteiger partial charge in [0.25, 0.3) is 0 Å². The third-order valence-corrected chi connectivity index (χ3v) is 2.87. The molecular weight excluding hydrogens is 146 g/mol. The third kappa shape index (κ3) is 1.28. The number of rotatable bonds is 1. The SMILES string of the molecule is CC(C)C1=CC=C2CCCN2C1. The van der Waals surface area contributed by atoms with Crippen LogP contribution in [0.5, 0.6) is 0 Å². The number of hydrogen-bond acceptors (Lipinski definition) is 1. The second-order valence-corrected chi connectivity index (χ2v) is 4.08. The van der Waals surface area contributed by atoms with Gasteiger partial charge in [-0.25, -0.2) is 0 Å². The highest BCUT2D eigenvalue weighted by Crippen LogP contribution is 2.27. The molecular formula is C11H17N. The molecule has 0 radical (unpaired) electrons. The van der Waals surface area contributed by atoms with Crippen LogP contribution >= 0.6 is 0 Å². The summed E-state index contributed by atoms with van der Waals surface area (Å²) in [7, 11) is 0. The van der Waals surface area contributed by atoms with E-state index in [-0.39, 0.29) is 0 Å². The van der Waals surface area contributed by atoms with Crippen LogP contribution in [0.2, 0.25) is 0 Å². The molecule has 2 aliphatic rings. The monoisotopic (exact) mass is 163 g/mol. The summed E-state index contributed by atoms with van der Waals surface area (Å²) in [6.45, 7) is 7.01. The molecule has 0 atom stereocenters. The Morgan fingerprint density at radius 1 is 1.33 bits per heavy atom. The molecule has 1 nitrogen and oxygen atoms in total. The van der Waals surface area contributed by atoms with Crippen LogP contribution in [0.1, 0.15) is 26.7 Å². The van der Waals surface area contributed by atoms with Crippen molar-refractivity contribution in [3.63, 3.8) is 0 Å². The van der Waals surface area contributed by atoms with E-state index in [0.29, 0.717) is 5.92 Å². The smallest absolute Gasteiger partial charge is 0.0391 e. The van der Waals surface area contributed by atoms with Crippen LogP contribution in [0.25, 0.3) is 0 Å². The summed E-state index contributed by atoms with van der Waals surface area (Å²) in [5, 5.41) is 0. The standard InChI is InChI=1S/C11H17N/c1-9(2)10-5-6-11-4-3-7-12(11)8-10/h5-6,9H,3-4,7-8H2,1-2H3. The fraction of sp³-hybridized carbons (Fsp3) is 0.636. The van der Waals surface area contributed by atoms with Crippen molar-refractivity contribution < 1.29 is 0 Å². The Hall–Kier alpha value is -0.720. The van der Waals surface area contributed by atoms with E-state index in [1.54, 1.807) is 11.3 Å². The molecule has 0 N–H and O–H groups in total. The van der Waals surface area contributed by atoms with Crippen molar-refractivity contribution in [3.8, 4) is 0 Å². The van der Waals surface area contributed by atoms with Crippen molar-refractivity contribution in [1.82, 2.24) is 4.90 Å². The van der Waals surface area contributed by atoms with Gasteiger partial charge in [0.1, 0.15) is 0 Å². The van der Waals surface area contributed by atoms with Crippen molar-refractivity contribution >= 4 is 0 Å². The zero-order valence-electron chi connectivity index (χ0n) is 8.01. The maximum Gasteiger partial charge on any atom is 0.0391 e. The van der Waals surface area contributed by atoms with Gasteiger partial charge in [0.05, 0.1) is 0 Å². The zero-order chi connectivity index (χ0) is 8.55. The van der Waals surface area contributed by atoms with E-state index in [2.05, 4.69) is 30.9 Å². The van der Waals surface area contributed by atoms with Crippen molar-refractivity contribution in [1.29, 1.82) is 0 Å². The van der Waals surface area contributed by atoms with Gasteiger partial charge in [0.2, 0.25) is 0 Å². The first-order chi connectivity index (χ1) is 5.77. The van der Waals surface area contributed by atoms with Gasteiger partial charge in [0.15, 0.2) is 0 Å². The molecule has 0 aromatic rings. The van der Waals surface area contributed by atoms with Crippen molar-refractivity contribution in [2.75, 3.05) is 13.1 Å². The summed E-state index contributed by atoms with van der Waals surface area (Å²) in [6.07, 6.45) is 7.28. The van der Waals surface area contributed by atoms with Crippen molar-refractivity contribution in [3.05, 3.63) is 23.4 Å². The Morgan fingerprint density at radius 3 is 2.92 bits per heavy atom. The lowest BCUT2D eigenvalue weighted by Gasteiger charge is -2.26. The Bertz CT molecular complexity index is 235. The van der Waals surface area contributed by atoms with Crippen molar-refractivity contribution in [2.24, 2.45) is 5.92 Å². The Kier molecular flexibility index (Phi) is 1.95. The van der Waals surface area contributed by atoms with E-state index in [1.165, 1.54) is 25.9 Å². The van der Waals surface area contributed by atoms with Crippen LogP contribution in [0.4, 0.5) is 0 Å². The molecule has 2 heterocycles. The summed E-state index contributed by atoms with van der Waals surface area (Å²) in [5.74, 6) is 0.711. The Morgan fingerprint density at radius 2 is 2.17 bits per heavy atom. The van der Waals surface area contributed by atoms with Crippen LogP contribution in [-0.4, -0.2) is 18.0 Å². The summed E-state index contributed by atoms with van der Waals surface area (Å²) in [6, 6.07) is 0. The highest BCUT2D eigenvalue weighted by Gasteiger charge is 2.20. The summed E-state index contributed by atoms with van der Waals surface area (Å²) >= 11 is 0. The number of allylic oxidation sites excluding steroid dienone is 3. The Labute approximate surface area is 74.8 Å². The fourth-order valence-electron chi connectivity index (χ4n) is 1.97. The topological polar surface area (TPSA) is 3.24 Å². The molecule has 0 aromatic carbocycles. The highest BCUT2D eigenvalue weighted by atomic mass is 15.2. The minimum atomic E-state index is 0.711. The summed E-state index contributed by atoms with van der Waals surface area (Å²) in [4.78, 5) is 2.52. The lowest BCUT2D eigenvalue weighted by atomic mass is 10.00. The molecule has 0 unspecified atom stereocenters. The first kappa shape index (κ1) is 7.90. The fourth-order valence-corrected chi connectivity index (χ4v) is 1.97. The van der Waals surface area contributed by atoms with Gasteiger partial charge in [-0.3, -0.25) is 0 Å². The van der Waals surface area contributed by atoms with Gasteiger partial charge in [-0.1, -0.05) is 19.9 Å². The van der Waals surface area contributed by atoms with E-state index in [4.69, 9.17) is 0 Å². The lowest BCUT2D eigenvalue weighted by molar-refractivity contribution is 0.405. The minimum absolute atomic E-state index is 0.711. The summed E-state index contributed by atoms with van der Waals surface area (Å²) < 4.78 is 0. The number of nitrogens with zero attached hydrogens (tertiary/aromatic N) is 1. The maximum absolute atomic E-state index is 2.52. The predicted molar refractivity (Wildman–Crippen MR) is 51.8 cm³/mol. The second-order valence-electron chi connectivity index (χ2n) is 4.08. The van der Waals surface area contributed by atoms with E-state index in [1.807, 2.05) is 0 Å².